The van der Waals surface area contributed by atoms with Gasteiger partial charge in [-0.3, -0.25) is 4.79 Å². The first kappa shape index (κ1) is 14.8. The molecule has 0 radical (unpaired) electrons. The number of aliphatic hydroxyl groups excluding tert-OH is 1. The molecule has 0 aromatic carbocycles. The van der Waals surface area contributed by atoms with Crippen LogP contribution < -0.4 is 5.32 Å². The fourth-order valence-corrected chi connectivity index (χ4v) is 3.35. The molecule has 0 aliphatic carbocycles. The smallest absolute Gasteiger partial charge is 0.261 e. The van der Waals surface area contributed by atoms with Gasteiger partial charge in [0.1, 0.15) is 6.61 Å². The molecule has 0 saturated heterocycles. The van der Waals surface area contributed by atoms with E-state index in [0.717, 1.165) is 11.3 Å². The molecular formula is C15H15NO2S2. The fraction of sp³-hybridized carbons (Fsp3) is 0.267. The van der Waals surface area contributed by atoms with Crippen LogP contribution in [0.3, 0.4) is 0 Å². The van der Waals surface area contributed by atoms with Gasteiger partial charge in [0.05, 0.1) is 9.75 Å². The minimum Gasteiger partial charge on any atom is -0.384 e. The Labute approximate surface area is 126 Å². The largest absolute Gasteiger partial charge is 0.384 e. The lowest BCUT2D eigenvalue weighted by molar-refractivity contribution is 0.0944. The molecule has 5 heteroatoms. The van der Waals surface area contributed by atoms with Crippen LogP contribution in [0.25, 0.3) is 0 Å². The molecule has 1 amide bonds. The van der Waals surface area contributed by atoms with Crippen molar-refractivity contribution in [2.75, 3.05) is 6.61 Å². The van der Waals surface area contributed by atoms with Crippen molar-refractivity contribution < 1.29 is 9.90 Å². The molecule has 0 saturated carbocycles. The maximum atomic E-state index is 12.1. The number of hydrogen-bond donors (Lipinski definition) is 2. The van der Waals surface area contributed by atoms with Crippen molar-refractivity contribution >= 4 is 28.6 Å². The highest BCUT2D eigenvalue weighted by molar-refractivity contribution is 7.14. The lowest BCUT2D eigenvalue weighted by Crippen LogP contribution is -2.33. The van der Waals surface area contributed by atoms with Crippen molar-refractivity contribution in [3.63, 3.8) is 0 Å². The number of carbonyl (C=O) groups is 1. The highest BCUT2D eigenvalue weighted by atomic mass is 32.1. The normalized spacial score (nSPS) is 11.5. The van der Waals surface area contributed by atoms with E-state index in [2.05, 4.69) is 23.2 Å². The van der Waals surface area contributed by atoms with Crippen molar-refractivity contribution in [2.45, 2.75) is 19.4 Å². The van der Waals surface area contributed by atoms with E-state index in [1.54, 1.807) is 23.5 Å². The molecule has 2 aromatic rings. The molecule has 0 fully saturated rings. The zero-order valence-corrected chi connectivity index (χ0v) is 12.7. The third kappa shape index (κ3) is 4.20. The van der Waals surface area contributed by atoms with Crippen LogP contribution in [0.4, 0.5) is 0 Å². The molecule has 0 bridgehead atoms. The molecule has 104 valence electrons. The average Bonchev–Trinajstić information content (AvgIpc) is 3.07. The Morgan fingerprint density at radius 2 is 2.30 bits per heavy atom. The summed E-state index contributed by atoms with van der Waals surface area (Å²) in [4.78, 5) is 14.8. The lowest BCUT2D eigenvalue weighted by atomic mass is 10.2. The predicted octanol–water partition coefficient (Wildman–Crippen LogP) is 2.51. The summed E-state index contributed by atoms with van der Waals surface area (Å²) in [5.41, 5.74) is 0. The Bertz CT molecular complexity index is 620. The summed E-state index contributed by atoms with van der Waals surface area (Å²) in [6, 6.07) is 7.74. The summed E-state index contributed by atoms with van der Waals surface area (Å²) < 4.78 is 0. The van der Waals surface area contributed by atoms with Crippen molar-refractivity contribution in [1.29, 1.82) is 0 Å². The molecule has 3 nitrogen and oxygen atoms in total. The van der Waals surface area contributed by atoms with E-state index in [-0.39, 0.29) is 18.6 Å². The van der Waals surface area contributed by atoms with Gasteiger partial charge in [-0.1, -0.05) is 17.9 Å². The quantitative estimate of drug-likeness (QED) is 0.853. The van der Waals surface area contributed by atoms with E-state index in [1.807, 2.05) is 18.4 Å². The summed E-state index contributed by atoms with van der Waals surface area (Å²) >= 11 is 3.03. The van der Waals surface area contributed by atoms with Gasteiger partial charge in [-0.05, 0) is 30.5 Å². The van der Waals surface area contributed by atoms with E-state index in [9.17, 15) is 4.79 Å². The number of carbonyl (C=O) groups excluding carboxylic acids is 1. The Morgan fingerprint density at radius 1 is 1.45 bits per heavy atom. The third-order valence-corrected chi connectivity index (χ3v) is 4.48. The van der Waals surface area contributed by atoms with Gasteiger partial charge in [-0.25, -0.2) is 0 Å². The SMILES string of the molecule is CC(Cc1cccs1)NC(=O)c1ccc(C#CCO)s1. The maximum absolute atomic E-state index is 12.1. The zero-order valence-electron chi connectivity index (χ0n) is 11.1. The van der Waals surface area contributed by atoms with Gasteiger partial charge in [0.25, 0.3) is 5.91 Å². The molecular weight excluding hydrogens is 290 g/mol. The van der Waals surface area contributed by atoms with Gasteiger partial charge in [0, 0.05) is 17.3 Å². The maximum Gasteiger partial charge on any atom is 0.261 e. The highest BCUT2D eigenvalue weighted by Crippen LogP contribution is 2.16. The molecule has 1 atom stereocenters. The highest BCUT2D eigenvalue weighted by Gasteiger charge is 2.12. The average molecular weight is 305 g/mol. The van der Waals surface area contributed by atoms with Crippen LogP contribution in [0.15, 0.2) is 29.6 Å². The van der Waals surface area contributed by atoms with Crippen molar-refractivity contribution in [3.05, 3.63) is 44.3 Å². The molecule has 2 rings (SSSR count). The van der Waals surface area contributed by atoms with Gasteiger partial charge < -0.3 is 10.4 Å². The molecule has 2 N–H and O–H groups in total. The minimum absolute atomic E-state index is 0.0731. The number of nitrogens with one attached hydrogen (secondary N) is 1. The Balaban J connectivity index is 1.92. The fourth-order valence-electron chi connectivity index (χ4n) is 1.73. The van der Waals surface area contributed by atoms with Crippen molar-refractivity contribution in [2.24, 2.45) is 0 Å². The number of hydrogen-bond acceptors (Lipinski definition) is 4. The zero-order chi connectivity index (χ0) is 14.4. The number of rotatable bonds is 4. The van der Waals surface area contributed by atoms with Crippen molar-refractivity contribution in [3.8, 4) is 11.8 Å². The molecule has 1 unspecified atom stereocenters. The van der Waals surface area contributed by atoms with E-state index < -0.39 is 0 Å². The first-order chi connectivity index (χ1) is 9.69. The monoisotopic (exact) mass is 305 g/mol. The first-order valence-electron chi connectivity index (χ1n) is 6.22. The minimum atomic E-state index is -0.169. The van der Waals surface area contributed by atoms with Crippen LogP contribution in [0, 0.1) is 11.8 Å². The Morgan fingerprint density at radius 3 is 3.00 bits per heavy atom. The second-order valence-electron chi connectivity index (χ2n) is 4.28. The molecule has 2 aromatic heterocycles. The molecule has 0 aliphatic rings. The van der Waals surface area contributed by atoms with Gasteiger partial charge in [0.2, 0.25) is 0 Å². The summed E-state index contributed by atoms with van der Waals surface area (Å²) in [7, 11) is 0. The summed E-state index contributed by atoms with van der Waals surface area (Å²) in [6.07, 6.45) is 0.839. The van der Waals surface area contributed by atoms with Crippen molar-refractivity contribution in [1.82, 2.24) is 5.32 Å². The number of aliphatic hydroxyl groups is 1. The van der Waals surface area contributed by atoms with E-state index >= 15 is 0 Å². The summed E-state index contributed by atoms with van der Waals surface area (Å²) in [6.45, 7) is 1.83. The Hall–Kier alpha value is -1.61. The first-order valence-corrected chi connectivity index (χ1v) is 7.91. The van der Waals surface area contributed by atoms with Crippen LogP contribution >= 0.6 is 22.7 Å². The molecule has 20 heavy (non-hydrogen) atoms. The topological polar surface area (TPSA) is 49.3 Å². The van der Waals surface area contributed by atoms with Gasteiger partial charge in [-0.2, -0.15) is 0 Å². The number of amides is 1. The van der Waals surface area contributed by atoms with Crippen LogP contribution in [0.5, 0.6) is 0 Å². The third-order valence-electron chi connectivity index (χ3n) is 2.59. The van der Waals surface area contributed by atoms with E-state index in [4.69, 9.17) is 5.11 Å². The molecule has 0 aliphatic heterocycles. The number of thiophene rings is 2. The lowest BCUT2D eigenvalue weighted by Gasteiger charge is -2.11. The van der Waals surface area contributed by atoms with Gasteiger partial charge >= 0.3 is 0 Å². The van der Waals surface area contributed by atoms with E-state index in [1.165, 1.54) is 16.2 Å². The van der Waals surface area contributed by atoms with Crippen LogP contribution in [0.1, 0.15) is 26.3 Å². The predicted molar refractivity (Wildman–Crippen MR) is 83.2 cm³/mol. The van der Waals surface area contributed by atoms with Gasteiger partial charge in [0.15, 0.2) is 0 Å². The standard InChI is InChI=1S/C15H15NO2S2/c1-11(10-13-5-3-9-19-13)16-15(18)14-7-6-12(20-14)4-2-8-17/h3,5-7,9,11,17H,8,10H2,1H3,(H,16,18). The van der Waals surface area contributed by atoms with Crippen LogP contribution in [-0.4, -0.2) is 23.7 Å². The van der Waals surface area contributed by atoms with Crippen LogP contribution in [0.2, 0.25) is 0 Å². The second kappa shape index (κ2) is 7.25. The van der Waals surface area contributed by atoms with E-state index in [0.29, 0.717) is 4.88 Å². The van der Waals surface area contributed by atoms with Crippen LogP contribution in [-0.2, 0) is 6.42 Å². The van der Waals surface area contributed by atoms with Gasteiger partial charge in [-0.15, -0.1) is 22.7 Å². The molecule has 2 heterocycles. The summed E-state index contributed by atoms with van der Waals surface area (Å²) in [5, 5.41) is 13.7. The summed E-state index contributed by atoms with van der Waals surface area (Å²) in [5.74, 6) is 5.30. The Kier molecular flexibility index (Phi) is 5.36. The molecule has 0 spiro atoms. The second-order valence-corrected chi connectivity index (χ2v) is 6.40.